The van der Waals surface area contributed by atoms with Gasteiger partial charge in [0.05, 0.1) is 13.6 Å². The van der Waals surface area contributed by atoms with Crippen molar-refractivity contribution in [1.29, 1.82) is 0 Å². The lowest BCUT2D eigenvalue weighted by Crippen LogP contribution is -3.27. The van der Waals surface area contributed by atoms with Gasteiger partial charge in [-0.15, -0.1) is 0 Å². The number of rotatable bonds is 6. The van der Waals surface area contributed by atoms with Gasteiger partial charge in [0.25, 0.3) is 0 Å². The van der Waals surface area contributed by atoms with E-state index in [0.29, 0.717) is 5.92 Å². The van der Waals surface area contributed by atoms with Gasteiger partial charge in [-0.3, -0.25) is 0 Å². The summed E-state index contributed by atoms with van der Waals surface area (Å²) in [6.45, 7) is 11.8. The lowest BCUT2D eigenvalue weighted by Gasteiger charge is -2.27. The number of anilines is 1. The number of thiocarbonyl (C=S) groups is 1. The molecule has 4 N–H and O–H groups in total. The van der Waals surface area contributed by atoms with Crippen molar-refractivity contribution in [3.63, 3.8) is 0 Å². The van der Waals surface area contributed by atoms with E-state index in [4.69, 9.17) is 12.2 Å². The molecule has 2 rings (SSSR count). The fourth-order valence-electron chi connectivity index (χ4n) is 2.95. The number of likely N-dealkylation sites (N-methyl/N-ethyl adjacent to an activating group) is 1. The highest BCUT2D eigenvalue weighted by molar-refractivity contribution is 7.80. The Morgan fingerprint density at radius 3 is 2.39 bits per heavy atom. The molecule has 1 fully saturated rings. The maximum absolute atomic E-state index is 5.37. The average molecular weight is 337 g/mol. The molecule has 0 aliphatic carbocycles. The molecule has 128 valence electrons. The van der Waals surface area contributed by atoms with E-state index in [1.54, 1.807) is 9.80 Å². The quantitative estimate of drug-likeness (QED) is 0.433. The van der Waals surface area contributed by atoms with Crippen LogP contribution in [0.15, 0.2) is 24.3 Å². The number of benzene rings is 1. The van der Waals surface area contributed by atoms with Crippen LogP contribution in [0, 0.1) is 0 Å². The Labute approximate surface area is 146 Å². The predicted molar refractivity (Wildman–Crippen MR) is 102 cm³/mol. The zero-order chi connectivity index (χ0) is 16.7. The molecule has 1 aromatic carbocycles. The number of piperazine rings is 1. The molecule has 0 amide bonds. The minimum atomic E-state index is 0.563. The molecule has 0 atom stereocenters. The highest BCUT2D eigenvalue weighted by Gasteiger charge is 2.18. The number of hydrogen-bond acceptors (Lipinski definition) is 1. The van der Waals surface area contributed by atoms with Crippen molar-refractivity contribution in [2.24, 2.45) is 0 Å². The lowest BCUT2D eigenvalue weighted by atomic mass is 10.0. The Bertz CT molecular complexity index is 478. The summed E-state index contributed by atoms with van der Waals surface area (Å²) in [6, 6.07) is 8.52. The second-order valence-electron chi connectivity index (χ2n) is 6.97. The molecule has 0 radical (unpaired) electrons. The van der Waals surface area contributed by atoms with Crippen LogP contribution in [0.1, 0.15) is 31.7 Å². The van der Waals surface area contributed by atoms with Gasteiger partial charge in [0, 0.05) is 18.7 Å². The first-order chi connectivity index (χ1) is 11.0. The van der Waals surface area contributed by atoms with E-state index >= 15 is 0 Å². The summed E-state index contributed by atoms with van der Waals surface area (Å²) in [5, 5.41) is 7.30. The second-order valence-corrected chi connectivity index (χ2v) is 7.38. The van der Waals surface area contributed by atoms with E-state index < -0.39 is 0 Å². The zero-order valence-corrected chi connectivity index (χ0v) is 15.6. The molecule has 0 unspecified atom stereocenters. The maximum Gasteiger partial charge on any atom is 0.170 e. The first-order valence-corrected chi connectivity index (χ1v) is 9.25. The lowest BCUT2D eigenvalue weighted by molar-refractivity contribution is -1.00. The Morgan fingerprint density at radius 2 is 1.78 bits per heavy atom. The third-order valence-electron chi connectivity index (χ3n) is 4.64. The minimum absolute atomic E-state index is 0.563. The SMILES string of the molecule is CC(C)c1ccc(NC(=S)NCCC[NH+]2CC[NH+](C)CC2)cc1. The van der Waals surface area contributed by atoms with E-state index in [2.05, 4.69) is 55.8 Å². The van der Waals surface area contributed by atoms with E-state index in [9.17, 15) is 0 Å². The van der Waals surface area contributed by atoms with Crippen molar-refractivity contribution in [2.75, 3.05) is 51.6 Å². The van der Waals surface area contributed by atoms with Crippen molar-refractivity contribution in [3.8, 4) is 0 Å². The van der Waals surface area contributed by atoms with Crippen LogP contribution >= 0.6 is 12.2 Å². The monoisotopic (exact) mass is 336 g/mol. The van der Waals surface area contributed by atoms with E-state index in [1.807, 2.05) is 0 Å². The minimum Gasteiger partial charge on any atom is -0.362 e. The van der Waals surface area contributed by atoms with Gasteiger partial charge in [0.1, 0.15) is 26.2 Å². The summed E-state index contributed by atoms with van der Waals surface area (Å²) < 4.78 is 0. The van der Waals surface area contributed by atoms with Gasteiger partial charge in [-0.2, -0.15) is 0 Å². The summed E-state index contributed by atoms with van der Waals surface area (Å²) in [5.74, 6) is 0.563. The second kappa shape index (κ2) is 9.21. The molecular formula is C18H32N4S+2. The normalized spacial score (nSPS) is 21.2. The molecule has 0 saturated carbocycles. The molecule has 1 aliphatic rings. The molecule has 4 nitrogen and oxygen atoms in total. The molecule has 1 aliphatic heterocycles. The van der Waals surface area contributed by atoms with Crippen LogP contribution < -0.4 is 20.4 Å². The van der Waals surface area contributed by atoms with Crippen LogP contribution in [0.5, 0.6) is 0 Å². The Hall–Kier alpha value is -1.17. The van der Waals surface area contributed by atoms with Gasteiger partial charge in [0.2, 0.25) is 0 Å². The van der Waals surface area contributed by atoms with Crippen molar-refractivity contribution in [3.05, 3.63) is 29.8 Å². The summed E-state index contributed by atoms with van der Waals surface area (Å²) in [5.41, 5.74) is 2.41. The highest BCUT2D eigenvalue weighted by atomic mass is 32.1. The molecular weight excluding hydrogens is 304 g/mol. The van der Waals surface area contributed by atoms with E-state index in [1.165, 1.54) is 44.7 Å². The largest absolute Gasteiger partial charge is 0.362 e. The number of quaternary nitrogens is 2. The third-order valence-corrected chi connectivity index (χ3v) is 4.88. The molecule has 0 aromatic heterocycles. The molecule has 1 aromatic rings. The molecule has 1 heterocycles. The van der Waals surface area contributed by atoms with Crippen LogP contribution in [0.4, 0.5) is 5.69 Å². The van der Waals surface area contributed by atoms with Gasteiger partial charge >= 0.3 is 0 Å². The molecule has 0 spiro atoms. The van der Waals surface area contributed by atoms with Crippen LogP contribution in [-0.4, -0.2) is 51.4 Å². The van der Waals surface area contributed by atoms with Crippen molar-refractivity contribution >= 4 is 23.0 Å². The van der Waals surface area contributed by atoms with Crippen molar-refractivity contribution < 1.29 is 9.80 Å². The average Bonchev–Trinajstić information content (AvgIpc) is 2.54. The van der Waals surface area contributed by atoms with Gasteiger partial charge in [-0.1, -0.05) is 26.0 Å². The van der Waals surface area contributed by atoms with Gasteiger partial charge in [0.15, 0.2) is 5.11 Å². The van der Waals surface area contributed by atoms with E-state index in [0.717, 1.165) is 17.3 Å². The standard InChI is InChI=1S/C18H30N4S/c1-15(2)16-5-7-17(8-6-16)20-18(23)19-9-4-10-22-13-11-21(3)12-14-22/h5-8,15H,4,9-14H2,1-3H3,(H2,19,20,23)/p+2. The Kier molecular flexibility index (Phi) is 7.27. The Balaban J connectivity index is 1.61. The van der Waals surface area contributed by atoms with Crippen molar-refractivity contribution in [1.82, 2.24) is 5.32 Å². The summed E-state index contributed by atoms with van der Waals surface area (Å²) in [4.78, 5) is 3.40. The van der Waals surface area contributed by atoms with Crippen LogP contribution in [0.3, 0.4) is 0 Å². The summed E-state index contributed by atoms with van der Waals surface area (Å²) >= 11 is 5.37. The smallest absolute Gasteiger partial charge is 0.170 e. The topological polar surface area (TPSA) is 32.9 Å². The predicted octanol–water partition coefficient (Wildman–Crippen LogP) is -0.100. The molecule has 1 saturated heterocycles. The first kappa shape index (κ1) is 18.2. The van der Waals surface area contributed by atoms with Crippen LogP contribution in [0.25, 0.3) is 0 Å². The van der Waals surface area contributed by atoms with Gasteiger partial charge < -0.3 is 20.4 Å². The van der Waals surface area contributed by atoms with Gasteiger partial charge in [-0.05, 0) is 35.8 Å². The third kappa shape index (κ3) is 6.45. The zero-order valence-electron chi connectivity index (χ0n) is 14.7. The number of hydrogen-bond donors (Lipinski definition) is 4. The summed E-state index contributed by atoms with van der Waals surface area (Å²) in [7, 11) is 2.29. The Morgan fingerprint density at radius 1 is 1.13 bits per heavy atom. The number of nitrogens with one attached hydrogen (secondary N) is 4. The van der Waals surface area contributed by atoms with Crippen LogP contribution in [0.2, 0.25) is 0 Å². The molecule has 5 heteroatoms. The maximum atomic E-state index is 5.37. The first-order valence-electron chi connectivity index (χ1n) is 8.84. The fourth-order valence-corrected chi connectivity index (χ4v) is 3.17. The molecule has 0 bridgehead atoms. The highest BCUT2D eigenvalue weighted by Crippen LogP contribution is 2.16. The van der Waals surface area contributed by atoms with Crippen molar-refractivity contribution in [2.45, 2.75) is 26.2 Å². The summed E-state index contributed by atoms with van der Waals surface area (Å²) in [6.07, 6.45) is 1.17. The fraction of sp³-hybridized carbons (Fsp3) is 0.611. The van der Waals surface area contributed by atoms with E-state index in [-0.39, 0.29) is 0 Å². The molecule has 23 heavy (non-hydrogen) atoms. The van der Waals surface area contributed by atoms with Gasteiger partial charge in [-0.25, -0.2) is 0 Å². The van der Waals surface area contributed by atoms with Crippen LogP contribution in [-0.2, 0) is 0 Å².